The van der Waals surface area contributed by atoms with Crippen LogP contribution in [0, 0.1) is 0 Å². The van der Waals surface area contributed by atoms with E-state index in [1.807, 2.05) is 6.92 Å². The van der Waals surface area contributed by atoms with Crippen molar-refractivity contribution in [3.8, 4) is 0 Å². The summed E-state index contributed by atoms with van der Waals surface area (Å²) in [7, 11) is 1.68. The number of benzene rings is 1. The highest BCUT2D eigenvalue weighted by Gasteiger charge is 2.16. The molecule has 0 bridgehead atoms. The summed E-state index contributed by atoms with van der Waals surface area (Å²) in [6, 6.07) is 6.29. The van der Waals surface area contributed by atoms with Gasteiger partial charge in [-0.15, -0.1) is 0 Å². The van der Waals surface area contributed by atoms with E-state index in [1.54, 1.807) is 30.1 Å². The minimum Gasteiger partial charge on any atom is -0.366 e. The maximum Gasteiger partial charge on any atom is 0.253 e. The van der Waals surface area contributed by atoms with Crippen molar-refractivity contribution in [1.82, 2.24) is 4.90 Å². The highest BCUT2D eigenvalue weighted by atomic mass is 16.2. The molecular formula is C12H17N3O2. The topological polar surface area (TPSA) is 89.4 Å². The van der Waals surface area contributed by atoms with E-state index >= 15 is 0 Å². The lowest BCUT2D eigenvalue weighted by Crippen LogP contribution is -2.39. The summed E-state index contributed by atoms with van der Waals surface area (Å²) < 4.78 is 0. The molecule has 2 amide bonds. The zero-order valence-electron chi connectivity index (χ0n) is 10.0. The number of nitrogens with two attached hydrogens (primary N) is 2. The van der Waals surface area contributed by atoms with Gasteiger partial charge in [0.05, 0.1) is 0 Å². The molecule has 0 aromatic heterocycles. The van der Waals surface area contributed by atoms with Crippen molar-refractivity contribution in [2.75, 3.05) is 13.6 Å². The van der Waals surface area contributed by atoms with E-state index in [0.717, 1.165) is 0 Å². The van der Waals surface area contributed by atoms with E-state index < -0.39 is 5.91 Å². The Morgan fingerprint density at radius 2 is 1.94 bits per heavy atom. The lowest BCUT2D eigenvalue weighted by molar-refractivity contribution is 0.0748. The molecule has 0 heterocycles. The van der Waals surface area contributed by atoms with Gasteiger partial charge in [-0.05, 0) is 25.1 Å². The first-order valence-electron chi connectivity index (χ1n) is 5.34. The monoisotopic (exact) mass is 235 g/mol. The second-order valence-electron chi connectivity index (χ2n) is 3.95. The molecule has 0 radical (unpaired) electrons. The molecular weight excluding hydrogens is 218 g/mol. The van der Waals surface area contributed by atoms with Crippen LogP contribution in [0.3, 0.4) is 0 Å². The standard InChI is InChI=1S/C12H17N3O2/c1-8(7-13)15(2)12(17)10-5-3-4-9(6-10)11(14)16/h3-6,8H,7,13H2,1-2H3,(H2,14,16). The molecule has 4 N–H and O–H groups in total. The van der Waals surface area contributed by atoms with Crippen molar-refractivity contribution >= 4 is 11.8 Å². The van der Waals surface area contributed by atoms with Crippen LogP contribution in [0.2, 0.25) is 0 Å². The molecule has 0 fully saturated rings. The Morgan fingerprint density at radius 1 is 1.35 bits per heavy atom. The van der Waals surface area contributed by atoms with Crippen molar-refractivity contribution in [2.45, 2.75) is 13.0 Å². The first kappa shape index (κ1) is 13.2. The normalized spacial score (nSPS) is 11.9. The quantitative estimate of drug-likeness (QED) is 0.781. The number of primary amides is 1. The summed E-state index contributed by atoms with van der Waals surface area (Å²) in [4.78, 5) is 24.6. The van der Waals surface area contributed by atoms with Crippen molar-refractivity contribution in [3.05, 3.63) is 35.4 Å². The number of carbonyl (C=O) groups is 2. The zero-order valence-corrected chi connectivity index (χ0v) is 10.0. The Hall–Kier alpha value is -1.88. The van der Waals surface area contributed by atoms with Gasteiger partial charge in [0.15, 0.2) is 0 Å². The second-order valence-corrected chi connectivity index (χ2v) is 3.95. The van der Waals surface area contributed by atoms with Gasteiger partial charge in [0.1, 0.15) is 0 Å². The molecule has 0 saturated carbocycles. The van der Waals surface area contributed by atoms with Crippen LogP contribution in [0.4, 0.5) is 0 Å². The highest BCUT2D eigenvalue weighted by molar-refractivity contribution is 5.99. The number of nitrogens with zero attached hydrogens (tertiary/aromatic N) is 1. The molecule has 5 heteroatoms. The fourth-order valence-corrected chi connectivity index (χ4v) is 1.37. The van der Waals surface area contributed by atoms with Gasteiger partial charge in [-0.2, -0.15) is 0 Å². The fraction of sp³-hybridized carbons (Fsp3) is 0.333. The van der Waals surface area contributed by atoms with Crippen molar-refractivity contribution < 1.29 is 9.59 Å². The average Bonchev–Trinajstić information content (AvgIpc) is 2.36. The predicted octanol–water partition coefficient (Wildman–Crippen LogP) is 0.205. The van der Waals surface area contributed by atoms with E-state index in [9.17, 15) is 9.59 Å². The zero-order chi connectivity index (χ0) is 13.0. The molecule has 0 spiro atoms. The summed E-state index contributed by atoms with van der Waals surface area (Å²) in [6.45, 7) is 2.24. The maximum atomic E-state index is 12.0. The Labute approximate surface area is 100 Å². The van der Waals surface area contributed by atoms with Gasteiger partial charge in [-0.3, -0.25) is 9.59 Å². The van der Waals surface area contributed by atoms with E-state index in [-0.39, 0.29) is 11.9 Å². The van der Waals surface area contributed by atoms with E-state index in [2.05, 4.69) is 0 Å². The average molecular weight is 235 g/mol. The molecule has 1 rings (SSSR count). The van der Waals surface area contributed by atoms with Gasteiger partial charge < -0.3 is 16.4 Å². The number of carbonyl (C=O) groups excluding carboxylic acids is 2. The molecule has 1 aromatic carbocycles. The molecule has 1 aromatic rings. The fourth-order valence-electron chi connectivity index (χ4n) is 1.37. The number of hydrogen-bond donors (Lipinski definition) is 2. The molecule has 0 aliphatic rings. The molecule has 17 heavy (non-hydrogen) atoms. The Balaban J connectivity index is 2.96. The van der Waals surface area contributed by atoms with Crippen LogP contribution >= 0.6 is 0 Å². The summed E-state index contributed by atoms with van der Waals surface area (Å²) in [6.07, 6.45) is 0. The molecule has 1 atom stereocenters. The third kappa shape index (κ3) is 3.04. The summed E-state index contributed by atoms with van der Waals surface area (Å²) in [5, 5.41) is 0. The van der Waals surface area contributed by atoms with Crippen molar-refractivity contribution in [1.29, 1.82) is 0 Å². The number of hydrogen-bond acceptors (Lipinski definition) is 3. The Morgan fingerprint density at radius 3 is 2.47 bits per heavy atom. The number of rotatable bonds is 4. The third-order valence-electron chi connectivity index (χ3n) is 2.72. The number of likely N-dealkylation sites (N-methyl/N-ethyl adjacent to an activating group) is 1. The minimum atomic E-state index is -0.547. The lowest BCUT2D eigenvalue weighted by Gasteiger charge is -2.23. The molecule has 0 aliphatic heterocycles. The minimum absolute atomic E-state index is 0.0558. The van der Waals surface area contributed by atoms with Crippen LogP contribution in [-0.4, -0.2) is 36.3 Å². The van der Waals surface area contributed by atoms with E-state index in [1.165, 1.54) is 6.07 Å². The third-order valence-corrected chi connectivity index (χ3v) is 2.72. The van der Waals surface area contributed by atoms with Crippen LogP contribution < -0.4 is 11.5 Å². The van der Waals surface area contributed by atoms with Gasteiger partial charge in [0.2, 0.25) is 5.91 Å². The van der Waals surface area contributed by atoms with E-state index in [4.69, 9.17) is 11.5 Å². The van der Waals surface area contributed by atoms with Crippen molar-refractivity contribution in [3.63, 3.8) is 0 Å². The summed E-state index contributed by atoms with van der Waals surface area (Å²) >= 11 is 0. The SMILES string of the molecule is CC(CN)N(C)C(=O)c1cccc(C(N)=O)c1. The Kier molecular flexibility index (Phi) is 4.23. The molecule has 5 nitrogen and oxygen atoms in total. The predicted molar refractivity (Wildman–Crippen MR) is 65.6 cm³/mol. The van der Waals surface area contributed by atoms with E-state index in [0.29, 0.717) is 17.7 Å². The van der Waals surface area contributed by atoms with Gasteiger partial charge in [-0.1, -0.05) is 6.07 Å². The molecule has 1 unspecified atom stereocenters. The second kappa shape index (κ2) is 5.45. The first-order chi connectivity index (χ1) is 7.97. The summed E-state index contributed by atoms with van der Waals surface area (Å²) in [5.41, 5.74) is 11.4. The first-order valence-corrected chi connectivity index (χ1v) is 5.34. The highest BCUT2D eigenvalue weighted by Crippen LogP contribution is 2.09. The van der Waals surface area contributed by atoms with Gasteiger partial charge >= 0.3 is 0 Å². The maximum absolute atomic E-state index is 12.0. The lowest BCUT2D eigenvalue weighted by atomic mass is 10.1. The smallest absolute Gasteiger partial charge is 0.253 e. The Bertz CT molecular complexity index is 432. The van der Waals surface area contributed by atoms with Crippen LogP contribution in [0.1, 0.15) is 27.6 Å². The van der Waals surface area contributed by atoms with Crippen LogP contribution in [0.15, 0.2) is 24.3 Å². The molecule has 0 saturated heterocycles. The van der Waals surface area contributed by atoms with Crippen LogP contribution in [-0.2, 0) is 0 Å². The van der Waals surface area contributed by atoms with Gasteiger partial charge in [0, 0.05) is 30.8 Å². The van der Waals surface area contributed by atoms with Crippen LogP contribution in [0.5, 0.6) is 0 Å². The molecule has 0 aliphatic carbocycles. The summed E-state index contributed by atoms with van der Waals surface area (Å²) in [5.74, 6) is -0.722. The largest absolute Gasteiger partial charge is 0.366 e. The number of amides is 2. The van der Waals surface area contributed by atoms with Crippen molar-refractivity contribution in [2.24, 2.45) is 11.5 Å². The van der Waals surface area contributed by atoms with Gasteiger partial charge in [-0.25, -0.2) is 0 Å². The van der Waals surface area contributed by atoms with Crippen LogP contribution in [0.25, 0.3) is 0 Å². The van der Waals surface area contributed by atoms with Gasteiger partial charge in [0.25, 0.3) is 5.91 Å². The molecule has 92 valence electrons.